The first-order chi connectivity index (χ1) is 8.20. The Labute approximate surface area is 102 Å². The highest BCUT2D eigenvalue weighted by atomic mass is 16.2. The maximum atomic E-state index is 11.5. The topological polar surface area (TPSA) is 44.1 Å². The molecule has 1 amide bonds. The number of carbonyl (C=O) groups is 1. The number of rotatable bonds is 3. The molecule has 1 aliphatic rings. The van der Waals surface area contributed by atoms with Crippen molar-refractivity contribution in [2.45, 2.75) is 32.2 Å². The van der Waals surface area contributed by atoms with Gasteiger partial charge in [-0.05, 0) is 36.0 Å². The second-order valence-corrected chi connectivity index (χ2v) is 4.54. The van der Waals surface area contributed by atoms with E-state index < -0.39 is 0 Å². The lowest BCUT2D eigenvalue weighted by Gasteiger charge is -2.16. The van der Waals surface area contributed by atoms with Gasteiger partial charge in [0.1, 0.15) is 6.42 Å². The molecule has 0 saturated heterocycles. The van der Waals surface area contributed by atoms with Crippen LogP contribution in [-0.4, -0.2) is 17.9 Å². The minimum atomic E-state index is -0.118. The Morgan fingerprint density at radius 3 is 2.94 bits per heavy atom. The molecule has 88 valence electrons. The summed E-state index contributed by atoms with van der Waals surface area (Å²) in [5, 5.41) is 8.48. The van der Waals surface area contributed by atoms with E-state index in [1.807, 2.05) is 6.07 Å². The lowest BCUT2D eigenvalue weighted by Crippen LogP contribution is -2.25. The van der Waals surface area contributed by atoms with Crippen LogP contribution < -0.4 is 0 Å². The highest BCUT2D eigenvalue weighted by Crippen LogP contribution is 2.23. The van der Waals surface area contributed by atoms with Crippen LogP contribution in [0.2, 0.25) is 0 Å². The minimum absolute atomic E-state index is 0.0402. The molecule has 0 radical (unpaired) electrons. The monoisotopic (exact) mass is 228 g/mol. The lowest BCUT2D eigenvalue weighted by atomic mass is 10.1. The molecule has 17 heavy (non-hydrogen) atoms. The average Bonchev–Trinajstić information content (AvgIpc) is 2.76. The number of amides is 1. The fraction of sp³-hybridized carbons (Fsp3) is 0.429. The molecule has 1 aromatic carbocycles. The smallest absolute Gasteiger partial charge is 0.236 e. The Kier molecular flexibility index (Phi) is 3.43. The number of aryl methyl sites for hydroxylation is 2. The number of nitrogens with zero attached hydrogens (tertiary/aromatic N) is 2. The van der Waals surface area contributed by atoms with E-state index in [2.05, 4.69) is 18.2 Å². The average molecular weight is 228 g/mol. The summed E-state index contributed by atoms with van der Waals surface area (Å²) < 4.78 is 0. The van der Waals surface area contributed by atoms with Crippen molar-refractivity contribution in [3.05, 3.63) is 34.9 Å². The van der Waals surface area contributed by atoms with Crippen LogP contribution in [0.25, 0.3) is 0 Å². The first-order valence-electron chi connectivity index (χ1n) is 5.92. The van der Waals surface area contributed by atoms with Gasteiger partial charge in [0, 0.05) is 13.6 Å². The molecular formula is C14H16N2O. The van der Waals surface area contributed by atoms with E-state index >= 15 is 0 Å². The Morgan fingerprint density at radius 2 is 2.18 bits per heavy atom. The molecule has 0 unspecified atom stereocenters. The number of hydrogen-bond donors (Lipinski definition) is 0. The second kappa shape index (κ2) is 5.01. The third kappa shape index (κ3) is 2.65. The van der Waals surface area contributed by atoms with Gasteiger partial charge in [0.25, 0.3) is 0 Å². The lowest BCUT2D eigenvalue weighted by molar-refractivity contribution is -0.129. The summed E-state index contributed by atoms with van der Waals surface area (Å²) in [6.45, 7) is 0.591. The highest BCUT2D eigenvalue weighted by Gasteiger charge is 2.13. The first-order valence-corrected chi connectivity index (χ1v) is 5.92. The predicted octanol–water partition coefficient (Wildman–Crippen LogP) is 2.05. The van der Waals surface area contributed by atoms with Crippen molar-refractivity contribution in [1.29, 1.82) is 5.26 Å². The van der Waals surface area contributed by atoms with E-state index in [4.69, 9.17) is 5.26 Å². The fourth-order valence-corrected chi connectivity index (χ4v) is 2.29. The molecule has 0 fully saturated rings. The van der Waals surface area contributed by atoms with E-state index in [-0.39, 0.29) is 12.3 Å². The van der Waals surface area contributed by atoms with Crippen molar-refractivity contribution in [3.8, 4) is 6.07 Å². The number of fused-ring (bicyclic) bond motifs is 1. The van der Waals surface area contributed by atoms with Crippen molar-refractivity contribution in [1.82, 2.24) is 4.90 Å². The van der Waals surface area contributed by atoms with Crippen LogP contribution in [0.3, 0.4) is 0 Å². The third-order valence-corrected chi connectivity index (χ3v) is 3.24. The van der Waals surface area contributed by atoms with E-state index in [0.29, 0.717) is 6.54 Å². The zero-order chi connectivity index (χ0) is 12.3. The second-order valence-electron chi connectivity index (χ2n) is 4.54. The van der Waals surface area contributed by atoms with Gasteiger partial charge >= 0.3 is 0 Å². The van der Waals surface area contributed by atoms with Crippen LogP contribution in [0, 0.1) is 11.3 Å². The van der Waals surface area contributed by atoms with Gasteiger partial charge in [0.15, 0.2) is 0 Å². The molecule has 0 spiro atoms. The minimum Gasteiger partial charge on any atom is -0.341 e. The van der Waals surface area contributed by atoms with Crippen LogP contribution in [0.1, 0.15) is 29.5 Å². The zero-order valence-electron chi connectivity index (χ0n) is 10.1. The van der Waals surface area contributed by atoms with Gasteiger partial charge in [-0.15, -0.1) is 0 Å². The van der Waals surface area contributed by atoms with Crippen molar-refractivity contribution in [2.75, 3.05) is 7.05 Å². The van der Waals surface area contributed by atoms with Gasteiger partial charge in [0.05, 0.1) is 6.07 Å². The summed E-state index contributed by atoms with van der Waals surface area (Å²) >= 11 is 0. The van der Waals surface area contributed by atoms with Crippen molar-refractivity contribution >= 4 is 5.91 Å². The number of carbonyl (C=O) groups excluding carboxylic acids is 1. The molecular weight excluding hydrogens is 212 g/mol. The zero-order valence-corrected chi connectivity index (χ0v) is 10.1. The molecule has 2 rings (SSSR count). The number of benzene rings is 1. The molecule has 3 heteroatoms. The van der Waals surface area contributed by atoms with Crippen LogP contribution in [0.15, 0.2) is 18.2 Å². The van der Waals surface area contributed by atoms with Gasteiger partial charge in [-0.2, -0.15) is 5.26 Å². The predicted molar refractivity (Wildman–Crippen MR) is 65.2 cm³/mol. The normalized spacial score (nSPS) is 12.9. The fourth-order valence-electron chi connectivity index (χ4n) is 2.29. The standard InChI is InChI=1S/C14H16N2O/c1-16(14(17)7-8-15)10-11-5-6-12-3-2-4-13(12)9-11/h5-6,9H,2-4,7,10H2,1H3. The number of hydrogen-bond acceptors (Lipinski definition) is 2. The van der Waals surface area contributed by atoms with Crippen LogP contribution >= 0.6 is 0 Å². The van der Waals surface area contributed by atoms with E-state index in [9.17, 15) is 4.79 Å². The Balaban J connectivity index is 2.04. The summed E-state index contributed by atoms with van der Waals surface area (Å²) in [6, 6.07) is 8.33. The third-order valence-electron chi connectivity index (χ3n) is 3.24. The van der Waals surface area contributed by atoms with Gasteiger partial charge in [-0.3, -0.25) is 4.79 Å². The van der Waals surface area contributed by atoms with Crippen molar-refractivity contribution < 1.29 is 4.79 Å². The molecule has 0 saturated carbocycles. The van der Waals surface area contributed by atoms with Crippen molar-refractivity contribution in [3.63, 3.8) is 0 Å². The summed E-state index contributed by atoms with van der Waals surface area (Å²) in [5.41, 5.74) is 4.02. The van der Waals surface area contributed by atoms with E-state index in [1.54, 1.807) is 11.9 Å². The van der Waals surface area contributed by atoms with Crippen LogP contribution in [0.5, 0.6) is 0 Å². The highest BCUT2D eigenvalue weighted by molar-refractivity contribution is 5.77. The Morgan fingerprint density at radius 1 is 1.41 bits per heavy atom. The van der Waals surface area contributed by atoms with Gasteiger partial charge in [-0.1, -0.05) is 18.2 Å². The van der Waals surface area contributed by atoms with E-state index in [1.165, 1.54) is 24.0 Å². The Hall–Kier alpha value is -1.82. The molecule has 0 aliphatic heterocycles. The summed E-state index contributed by atoms with van der Waals surface area (Å²) in [7, 11) is 1.74. The molecule has 3 nitrogen and oxygen atoms in total. The summed E-state index contributed by atoms with van der Waals surface area (Å²) in [6.07, 6.45) is 3.53. The van der Waals surface area contributed by atoms with E-state index in [0.717, 1.165) is 12.0 Å². The molecule has 1 aliphatic carbocycles. The maximum Gasteiger partial charge on any atom is 0.236 e. The molecule has 1 aromatic rings. The SMILES string of the molecule is CN(Cc1ccc2c(c1)CCC2)C(=O)CC#N. The molecule has 0 bridgehead atoms. The first kappa shape index (κ1) is 11.7. The Bertz CT molecular complexity index is 474. The summed E-state index contributed by atoms with van der Waals surface area (Å²) in [5.74, 6) is -0.118. The van der Waals surface area contributed by atoms with Gasteiger partial charge in [0.2, 0.25) is 5.91 Å². The molecule has 0 atom stereocenters. The van der Waals surface area contributed by atoms with Crippen molar-refractivity contribution in [2.24, 2.45) is 0 Å². The van der Waals surface area contributed by atoms with Gasteiger partial charge in [-0.25, -0.2) is 0 Å². The summed E-state index contributed by atoms with van der Waals surface area (Å²) in [4.78, 5) is 13.1. The number of nitriles is 1. The quantitative estimate of drug-likeness (QED) is 0.794. The van der Waals surface area contributed by atoms with Gasteiger partial charge < -0.3 is 4.90 Å². The maximum absolute atomic E-state index is 11.5. The molecule has 0 aromatic heterocycles. The van der Waals surface area contributed by atoms with Crippen LogP contribution in [0.4, 0.5) is 0 Å². The van der Waals surface area contributed by atoms with Crippen LogP contribution in [-0.2, 0) is 24.2 Å². The molecule has 0 heterocycles. The largest absolute Gasteiger partial charge is 0.341 e. The molecule has 0 N–H and O–H groups in total.